The van der Waals surface area contributed by atoms with E-state index in [0.29, 0.717) is 24.0 Å². The molecule has 0 bridgehead atoms. The highest BCUT2D eigenvalue weighted by Crippen LogP contribution is 2.40. The summed E-state index contributed by atoms with van der Waals surface area (Å²) in [5, 5.41) is 3.67. The molecule has 2 amide bonds. The summed E-state index contributed by atoms with van der Waals surface area (Å²) in [7, 11) is 0. The van der Waals surface area contributed by atoms with Crippen LogP contribution < -0.4 is 5.32 Å². The Balaban J connectivity index is 1.47. The molecule has 1 N–H and O–H groups in total. The van der Waals surface area contributed by atoms with Crippen LogP contribution in [-0.4, -0.2) is 27.4 Å². The number of anilines is 1. The molecule has 0 saturated heterocycles. The molecule has 1 saturated carbocycles. The Morgan fingerprint density at radius 2 is 1.79 bits per heavy atom. The summed E-state index contributed by atoms with van der Waals surface area (Å²) in [4.78, 5) is 24.4. The van der Waals surface area contributed by atoms with E-state index in [9.17, 15) is 4.79 Å². The van der Waals surface area contributed by atoms with Crippen LogP contribution >= 0.6 is 11.6 Å². The maximum atomic E-state index is 12.8. The van der Waals surface area contributed by atoms with Crippen molar-refractivity contribution >= 4 is 23.3 Å². The number of hydrogen-bond acceptors (Lipinski definition) is 3. The van der Waals surface area contributed by atoms with E-state index in [1.165, 1.54) is 0 Å². The molecule has 146 valence electrons. The molecule has 2 aromatic carbocycles. The van der Waals surface area contributed by atoms with Gasteiger partial charge in [0.25, 0.3) is 0 Å². The fourth-order valence-corrected chi connectivity index (χ4v) is 3.83. The van der Waals surface area contributed by atoms with Crippen LogP contribution in [0.1, 0.15) is 35.8 Å². The average Bonchev–Trinajstić information content (AvgIpc) is 3.59. The van der Waals surface area contributed by atoms with E-state index in [4.69, 9.17) is 21.6 Å². The molecule has 6 heteroatoms. The maximum Gasteiger partial charge on any atom is 0.322 e. The molecule has 2 heterocycles. The van der Waals surface area contributed by atoms with Gasteiger partial charge < -0.3 is 10.2 Å². The highest BCUT2D eigenvalue weighted by atomic mass is 35.5. The highest BCUT2D eigenvalue weighted by Gasteiger charge is 2.31. The van der Waals surface area contributed by atoms with E-state index in [0.717, 1.165) is 53.3 Å². The first-order valence-corrected chi connectivity index (χ1v) is 10.3. The number of nitrogens with zero attached hydrogens (tertiary/aromatic N) is 3. The van der Waals surface area contributed by atoms with E-state index < -0.39 is 0 Å². The second-order valence-corrected chi connectivity index (χ2v) is 8.04. The van der Waals surface area contributed by atoms with Crippen molar-refractivity contribution in [3.8, 4) is 11.3 Å². The molecular formula is C23H21ClN4O. The van der Waals surface area contributed by atoms with Gasteiger partial charge in [-0.3, -0.25) is 0 Å². The minimum atomic E-state index is -0.102. The minimum absolute atomic E-state index is 0.102. The van der Waals surface area contributed by atoms with Crippen molar-refractivity contribution < 1.29 is 4.79 Å². The normalized spacial score (nSPS) is 15.7. The van der Waals surface area contributed by atoms with Crippen molar-refractivity contribution in [2.45, 2.75) is 31.7 Å². The molecule has 1 fully saturated rings. The molecule has 1 aromatic heterocycles. The number of fused-ring (bicyclic) bond motifs is 1. The second kappa shape index (κ2) is 7.48. The fourth-order valence-electron chi connectivity index (χ4n) is 3.70. The molecule has 3 aromatic rings. The minimum Gasteiger partial charge on any atom is -0.320 e. The van der Waals surface area contributed by atoms with Crippen LogP contribution in [0.4, 0.5) is 10.5 Å². The van der Waals surface area contributed by atoms with Crippen LogP contribution in [0.2, 0.25) is 5.02 Å². The number of para-hydroxylation sites is 1. The predicted molar refractivity (Wildman–Crippen MR) is 114 cm³/mol. The average molecular weight is 405 g/mol. The van der Waals surface area contributed by atoms with Gasteiger partial charge in [0, 0.05) is 40.7 Å². The number of carbonyl (C=O) groups excluding carboxylic acids is 1. The monoisotopic (exact) mass is 404 g/mol. The molecule has 5 rings (SSSR count). The SMILES string of the molecule is O=C(Nc1ccccc1)N1CCc2nc(C3CC3)nc(-c3ccc(Cl)cc3)c2C1. The van der Waals surface area contributed by atoms with E-state index in [1.54, 1.807) is 0 Å². The summed E-state index contributed by atoms with van der Waals surface area (Å²) in [6, 6.07) is 17.2. The topological polar surface area (TPSA) is 58.1 Å². The Morgan fingerprint density at radius 1 is 1.03 bits per heavy atom. The number of aromatic nitrogens is 2. The number of amides is 2. The van der Waals surface area contributed by atoms with Gasteiger partial charge in [0.05, 0.1) is 17.9 Å². The highest BCUT2D eigenvalue weighted by molar-refractivity contribution is 6.30. The van der Waals surface area contributed by atoms with Gasteiger partial charge in [0.1, 0.15) is 5.82 Å². The van der Waals surface area contributed by atoms with Gasteiger partial charge in [0.2, 0.25) is 0 Å². The molecule has 5 nitrogen and oxygen atoms in total. The van der Waals surface area contributed by atoms with Gasteiger partial charge in [0.15, 0.2) is 0 Å². The van der Waals surface area contributed by atoms with Crippen molar-refractivity contribution in [1.82, 2.24) is 14.9 Å². The smallest absolute Gasteiger partial charge is 0.320 e. The molecule has 0 spiro atoms. The first kappa shape index (κ1) is 18.1. The fraction of sp³-hybridized carbons (Fsp3) is 0.261. The van der Waals surface area contributed by atoms with Gasteiger partial charge in [-0.25, -0.2) is 14.8 Å². The van der Waals surface area contributed by atoms with E-state index in [2.05, 4.69) is 5.32 Å². The molecule has 0 atom stereocenters. The molecule has 1 aliphatic carbocycles. The molecular weight excluding hydrogens is 384 g/mol. The summed E-state index contributed by atoms with van der Waals surface area (Å²) < 4.78 is 0. The molecule has 2 aliphatic rings. The number of carbonyl (C=O) groups is 1. The Hall–Kier alpha value is -2.92. The lowest BCUT2D eigenvalue weighted by Crippen LogP contribution is -2.39. The van der Waals surface area contributed by atoms with Crippen LogP contribution in [-0.2, 0) is 13.0 Å². The van der Waals surface area contributed by atoms with Crippen LogP contribution in [0.25, 0.3) is 11.3 Å². The number of nitrogens with one attached hydrogen (secondary N) is 1. The number of urea groups is 1. The third-order valence-electron chi connectivity index (χ3n) is 5.45. The standard InChI is InChI=1S/C23H21ClN4O/c24-17-10-8-15(9-11-17)21-19-14-28(23(29)25-18-4-2-1-3-5-18)13-12-20(19)26-22(27-21)16-6-7-16/h1-5,8-11,16H,6-7,12-14H2,(H,25,29). The Bertz CT molecular complexity index is 1050. The van der Waals surface area contributed by atoms with Crippen LogP contribution in [0, 0.1) is 0 Å². The summed E-state index contributed by atoms with van der Waals surface area (Å²) in [5.74, 6) is 1.42. The maximum absolute atomic E-state index is 12.8. The zero-order valence-corrected chi connectivity index (χ0v) is 16.7. The third kappa shape index (κ3) is 3.83. The summed E-state index contributed by atoms with van der Waals surface area (Å²) in [6.45, 7) is 1.14. The Kier molecular flexibility index (Phi) is 4.68. The van der Waals surface area contributed by atoms with E-state index in [1.807, 2.05) is 59.5 Å². The predicted octanol–water partition coefficient (Wildman–Crippen LogP) is 5.26. The molecule has 1 aliphatic heterocycles. The first-order chi connectivity index (χ1) is 14.2. The number of hydrogen-bond donors (Lipinski definition) is 1. The van der Waals surface area contributed by atoms with Gasteiger partial charge in [-0.1, -0.05) is 41.9 Å². The van der Waals surface area contributed by atoms with Gasteiger partial charge in [-0.2, -0.15) is 0 Å². The summed E-state index contributed by atoms with van der Waals surface area (Å²) in [5.41, 5.74) is 4.83. The number of benzene rings is 2. The van der Waals surface area contributed by atoms with E-state index in [-0.39, 0.29) is 6.03 Å². The van der Waals surface area contributed by atoms with Crippen LogP contribution in [0.3, 0.4) is 0 Å². The van der Waals surface area contributed by atoms with Crippen molar-refractivity contribution in [1.29, 1.82) is 0 Å². The van der Waals surface area contributed by atoms with Crippen LogP contribution in [0.15, 0.2) is 54.6 Å². The van der Waals surface area contributed by atoms with Gasteiger partial charge >= 0.3 is 6.03 Å². The Labute approximate surface area is 174 Å². The third-order valence-corrected chi connectivity index (χ3v) is 5.70. The summed E-state index contributed by atoms with van der Waals surface area (Å²) >= 11 is 6.08. The second-order valence-electron chi connectivity index (χ2n) is 7.60. The lowest BCUT2D eigenvalue weighted by atomic mass is 9.99. The van der Waals surface area contributed by atoms with E-state index >= 15 is 0 Å². The first-order valence-electron chi connectivity index (χ1n) is 9.94. The number of halogens is 1. The molecule has 0 unspecified atom stereocenters. The van der Waals surface area contributed by atoms with Crippen molar-refractivity contribution in [2.75, 3.05) is 11.9 Å². The quantitative estimate of drug-likeness (QED) is 0.647. The molecule has 29 heavy (non-hydrogen) atoms. The van der Waals surface area contributed by atoms with Crippen molar-refractivity contribution in [3.05, 3.63) is 76.7 Å². The zero-order valence-electron chi connectivity index (χ0n) is 15.9. The van der Waals surface area contributed by atoms with Gasteiger partial charge in [-0.15, -0.1) is 0 Å². The summed E-state index contributed by atoms with van der Waals surface area (Å²) in [6.07, 6.45) is 3.05. The van der Waals surface area contributed by atoms with Crippen LogP contribution in [0.5, 0.6) is 0 Å². The van der Waals surface area contributed by atoms with Gasteiger partial charge in [-0.05, 0) is 37.1 Å². The number of rotatable bonds is 3. The lowest BCUT2D eigenvalue weighted by molar-refractivity contribution is 0.206. The lowest BCUT2D eigenvalue weighted by Gasteiger charge is -2.30. The molecule has 0 radical (unpaired) electrons. The van der Waals surface area contributed by atoms with Crippen molar-refractivity contribution in [3.63, 3.8) is 0 Å². The zero-order chi connectivity index (χ0) is 19.8. The largest absolute Gasteiger partial charge is 0.322 e. The Morgan fingerprint density at radius 3 is 2.52 bits per heavy atom. The van der Waals surface area contributed by atoms with Crippen molar-refractivity contribution in [2.24, 2.45) is 0 Å².